The number of thioether (sulfide) groups is 1. The van der Waals surface area contributed by atoms with Crippen LogP contribution in [0.15, 0.2) is 28.2 Å². The van der Waals surface area contributed by atoms with Crippen LogP contribution in [0.5, 0.6) is 0 Å². The Kier molecular flexibility index (Phi) is 4.34. The molecule has 0 saturated carbocycles. The van der Waals surface area contributed by atoms with Gasteiger partial charge in [0.2, 0.25) is 11.1 Å². The van der Waals surface area contributed by atoms with Crippen molar-refractivity contribution in [3.05, 3.63) is 39.7 Å². The molecule has 2 aromatic heterocycles. The van der Waals surface area contributed by atoms with Gasteiger partial charge in [-0.1, -0.05) is 17.8 Å². The van der Waals surface area contributed by atoms with Crippen molar-refractivity contribution < 1.29 is 4.79 Å². The van der Waals surface area contributed by atoms with Gasteiger partial charge in [-0.2, -0.15) is 0 Å². The van der Waals surface area contributed by atoms with E-state index in [4.69, 9.17) is 0 Å². The monoisotopic (exact) mass is 344 g/mol. The fourth-order valence-electron chi connectivity index (χ4n) is 2.31. The number of aryl methyl sites for hydroxylation is 2. The van der Waals surface area contributed by atoms with E-state index in [9.17, 15) is 9.59 Å². The summed E-state index contributed by atoms with van der Waals surface area (Å²) >= 11 is 1.25. The number of rotatable bonds is 4. The van der Waals surface area contributed by atoms with Crippen LogP contribution < -0.4 is 10.9 Å². The molecule has 0 aliphatic carbocycles. The molecule has 2 heterocycles. The molecule has 9 heteroatoms. The number of aromatic nitrogens is 5. The first-order valence-electron chi connectivity index (χ1n) is 7.24. The summed E-state index contributed by atoms with van der Waals surface area (Å²) in [4.78, 5) is 26.8. The minimum atomic E-state index is -0.173. The van der Waals surface area contributed by atoms with E-state index in [1.165, 1.54) is 16.4 Å². The van der Waals surface area contributed by atoms with Gasteiger partial charge in [0.25, 0.3) is 5.56 Å². The average molecular weight is 344 g/mol. The number of aromatic amines is 1. The minimum Gasteiger partial charge on any atom is -0.325 e. The Labute approximate surface area is 141 Å². The van der Waals surface area contributed by atoms with Crippen molar-refractivity contribution in [2.24, 2.45) is 7.05 Å². The maximum Gasteiger partial charge on any atom is 0.251 e. The topological polar surface area (TPSA) is 106 Å². The second-order valence-electron chi connectivity index (χ2n) is 5.39. The van der Waals surface area contributed by atoms with Crippen molar-refractivity contribution in [2.75, 3.05) is 11.1 Å². The lowest BCUT2D eigenvalue weighted by molar-refractivity contribution is -0.113. The summed E-state index contributed by atoms with van der Waals surface area (Å²) in [6.45, 7) is 3.71. The zero-order valence-corrected chi connectivity index (χ0v) is 14.3. The maximum atomic E-state index is 12.1. The predicted molar refractivity (Wildman–Crippen MR) is 92.2 cm³/mol. The maximum absolute atomic E-state index is 12.1. The zero-order valence-electron chi connectivity index (χ0n) is 13.5. The Morgan fingerprint density at radius 3 is 2.83 bits per heavy atom. The normalized spacial score (nSPS) is 11.0. The Morgan fingerprint density at radius 2 is 2.12 bits per heavy atom. The molecule has 3 rings (SSSR count). The molecule has 124 valence electrons. The quantitative estimate of drug-likeness (QED) is 0.693. The van der Waals surface area contributed by atoms with Crippen molar-refractivity contribution in [3.63, 3.8) is 0 Å². The van der Waals surface area contributed by atoms with Gasteiger partial charge < -0.3 is 10.3 Å². The van der Waals surface area contributed by atoms with Crippen LogP contribution in [-0.2, 0) is 11.8 Å². The van der Waals surface area contributed by atoms with Gasteiger partial charge in [0.1, 0.15) is 0 Å². The van der Waals surface area contributed by atoms with Gasteiger partial charge in [-0.3, -0.25) is 9.59 Å². The van der Waals surface area contributed by atoms with E-state index in [0.29, 0.717) is 21.9 Å². The number of carbonyl (C=O) groups excluding carboxylic acids is 1. The molecule has 8 nitrogen and oxygen atoms in total. The largest absolute Gasteiger partial charge is 0.325 e. The first-order chi connectivity index (χ1) is 11.5. The Hall–Kier alpha value is -2.68. The fraction of sp³-hybridized carbons (Fsp3) is 0.267. The van der Waals surface area contributed by atoms with Crippen molar-refractivity contribution in [1.82, 2.24) is 25.2 Å². The number of tetrazole rings is 1. The Morgan fingerprint density at radius 1 is 1.33 bits per heavy atom. The van der Waals surface area contributed by atoms with E-state index in [-0.39, 0.29) is 17.2 Å². The van der Waals surface area contributed by atoms with Crippen LogP contribution in [-0.4, -0.2) is 36.9 Å². The van der Waals surface area contributed by atoms with Gasteiger partial charge in [0, 0.05) is 23.7 Å². The summed E-state index contributed by atoms with van der Waals surface area (Å²) in [6.07, 6.45) is 0. The molecule has 0 unspecified atom stereocenters. The molecular weight excluding hydrogens is 328 g/mol. The SMILES string of the molecule is Cc1c(C)c2ccc(NC(=O)CSc3nnnn3C)cc2[nH]c1=O. The van der Waals surface area contributed by atoms with Gasteiger partial charge in [-0.15, -0.1) is 5.10 Å². The smallest absolute Gasteiger partial charge is 0.251 e. The predicted octanol–water partition coefficient (Wildman–Crippen LogP) is 1.40. The molecule has 0 aliphatic heterocycles. The van der Waals surface area contributed by atoms with Crippen molar-refractivity contribution in [1.29, 1.82) is 0 Å². The first-order valence-corrected chi connectivity index (χ1v) is 8.22. The number of carbonyl (C=O) groups is 1. The number of anilines is 1. The highest BCUT2D eigenvalue weighted by Crippen LogP contribution is 2.21. The molecule has 0 spiro atoms. The highest BCUT2D eigenvalue weighted by Gasteiger charge is 2.10. The third-order valence-corrected chi connectivity index (χ3v) is 4.78. The second-order valence-corrected chi connectivity index (χ2v) is 6.33. The van der Waals surface area contributed by atoms with Crippen LogP contribution in [0, 0.1) is 13.8 Å². The highest BCUT2D eigenvalue weighted by atomic mass is 32.2. The Balaban J connectivity index is 1.75. The number of hydrogen-bond donors (Lipinski definition) is 2. The molecule has 1 aromatic carbocycles. The molecule has 1 amide bonds. The van der Waals surface area contributed by atoms with E-state index in [2.05, 4.69) is 25.8 Å². The number of H-pyrrole nitrogens is 1. The third kappa shape index (κ3) is 3.16. The van der Waals surface area contributed by atoms with Gasteiger partial charge >= 0.3 is 0 Å². The molecule has 0 bridgehead atoms. The minimum absolute atomic E-state index is 0.117. The van der Waals surface area contributed by atoms with Crippen LogP contribution in [0.25, 0.3) is 10.9 Å². The average Bonchev–Trinajstić information content (AvgIpc) is 2.96. The lowest BCUT2D eigenvalue weighted by Gasteiger charge is -2.09. The number of hydrogen-bond acceptors (Lipinski definition) is 6. The van der Waals surface area contributed by atoms with Crippen LogP contribution in [0.1, 0.15) is 11.1 Å². The molecule has 3 aromatic rings. The van der Waals surface area contributed by atoms with E-state index >= 15 is 0 Å². The second kappa shape index (κ2) is 6.44. The van der Waals surface area contributed by atoms with E-state index in [0.717, 1.165) is 10.9 Å². The first kappa shape index (κ1) is 16.2. The lowest BCUT2D eigenvalue weighted by atomic mass is 10.1. The molecule has 0 atom stereocenters. The van der Waals surface area contributed by atoms with Gasteiger partial charge in [0.05, 0.1) is 11.3 Å². The van der Waals surface area contributed by atoms with Crippen molar-refractivity contribution in [2.45, 2.75) is 19.0 Å². The number of amides is 1. The van der Waals surface area contributed by atoms with Crippen LogP contribution in [0.4, 0.5) is 5.69 Å². The molecule has 0 saturated heterocycles. The third-order valence-electron chi connectivity index (χ3n) is 3.77. The van der Waals surface area contributed by atoms with Crippen LogP contribution in [0.3, 0.4) is 0 Å². The lowest BCUT2D eigenvalue weighted by Crippen LogP contribution is -2.15. The molecular formula is C15H16N6O2S. The van der Waals surface area contributed by atoms with Gasteiger partial charge in [-0.05, 0) is 42.0 Å². The number of benzene rings is 1. The summed E-state index contributed by atoms with van der Waals surface area (Å²) in [5, 5.41) is 15.4. The summed E-state index contributed by atoms with van der Waals surface area (Å²) in [5.41, 5.74) is 2.85. The summed E-state index contributed by atoms with van der Waals surface area (Å²) in [5.74, 6) is 0.0175. The summed E-state index contributed by atoms with van der Waals surface area (Å²) in [6, 6.07) is 5.47. The van der Waals surface area contributed by atoms with Crippen molar-refractivity contribution >= 4 is 34.3 Å². The molecule has 0 radical (unpaired) electrons. The highest BCUT2D eigenvalue weighted by molar-refractivity contribution is 7.99. The number of fused-ring (bicyclic) bond motifs is 1. The molecule has 0 fully saturated rings. The Bertz CT molecular complexity index is 978. The van der Waals surface area contributed by atoms with Gasteiger partial charge in [0.15, 0.2) is 0 Å². The summed E-state index contributed by atoms with van der Waals surface area (Å²) in [7, 11) is 1.71. The van der Waals surface area contributed by atoms with E-state index in [1.54, 1.807) is 20.0 Å². The van der Waals surface area contributed by atoms with Crippen molar-refractivity contribution in [3.8, 4) is 0 Å². The standard InChI is InChI=1S/C15H16N6O2S/c1-8-9(2)14(23)17-12-6-10(4-5-11(8)12)16-13(22)7-24-15-18-19-20-21(15)3/h4-6H,7H2,1-3H3,(H,16,22)(H,17,23). The number of pyridine rings is 1. The van der Waals surface area contributed by atoms with Gasteiger partial charge in [-0.25, -0.2) is 4.68 Å². The van der Waals surface area contributed by atoms with Crippen LogP contribution in [0.2, 0.25) is 0 Å². The molecule has 0 aliphatic rings. The zero-order chi connectivity index (χ0) is 17.3. The molecule has 2 N–H and O–H groups in total. The van der Waals surface area contributed by atoms with E-state index in [1.807, 2.05) is 19.1 Å². The summed E-state index contributed by atoms with van der Waals surface area (Å²) < 4.78 is 1.50. The van der Waals surface area contributed by atoms with Crippen LogP contribution >= 0.6 is 11.8 Å². The molecule has 24 heavy (non-hydrogen) atoms. The number of nitrogens with one attached hydrogen (secondary N) is 2. The fourth-order valence-corrected chi connectivity index (χ4v) is 2.96. The number of nitrogens with zero attached hydrogens (tertiary/aromatic N) is 4. The van der Waals surface area contributed by atoms with E-state index < -0.39 is 0 Å².